The van der Waals surface area contributed by atoms with Crippen LogP contribution in [0.5, 0.6) is 0 Å². The molecule has 0 bridgehead atoms. The summed E-state index contributed by atoms with van der Waals surface area (Å²) in [4.78, 5) is 0. The highest BCUT2D eigenvalue weighted by molar-refractivity contribution is 5.07. The van der Waals surface area contributed by atoms with Gasteiger partial charge in [-0.25, -0.2) is 0 Å². The molecule has 0 amide bonds. The molecule has 0 aromatic carbocycles. The molecule has 0 radical (unpaired) electrons. The van der Waals surface area contributed by atoms with Gasteiger partial charge in [0, 0.05) is 7.11 Å². The largest absolute Gasteiger partial charge is 0.394 e. The lowest BCUT2D eigenvalue weighted by atomic mass is 9.89. The smallest absolute Gasteiger partial charge is 0.186 e. The summed E-state index contributed by atoms with van der Waals surface area (Å²) in [5.74, 6) is 0. The molecule has 2 fully saturated rings. The van der Waals surface area contributed by atoms with E-state index in [4.69, 9.17) is 19.3 Å². The molecule has 4 atom stereocenters. The Morgan fingerprint density at radius 3 is 2.67 bits per heavy atom. The Bertz CT molecular complexity index is 179. The van der Waals surface area contributed by atoms with E-state index in [1.165, 1.54) is 7.11 Å². The molecule has 2 aliphatic heterocycles. The van der Waals surface area contributed by atoms with Gasteiger partial charge < -0.3 is 24.4 Å². The summed E-state index contributed by atoms with van der Waals surface area (Å²) < 4.78 is 15.2. The quantitative estimate of drug-likeness (QED) is 0.535. The fraction of sp³-hybridized carbons (Fsp3) is 1.00. The van der Waals surface area contributed by atoms with Crippen molar-refractivity contribution < 1.29 is 24.4 Å². The average Bonchev–Trinajstić information content (AvgIpc) is 2.25. The van der Waals surface area contributed by atoms with E-state index in [2.05, 4.69) is 0 Å². The third-order valence-corrected chi connectivity index (χ3v) is 2.49. The van der Waals surface area contributed by atoms with Crippen LogP contribution in [0, 0.1) is 0 Å². The van der Waals surface area contributed by atoms with Gasteiger partial charge in [-0.2, -0.15) is 0 Å². The molecule has 0 aromatic rings. The maximum absolute atomic E-state index is 9.82. The van der Waals surface area contributed by atoms with E-state index in [1.54, 1.807) is 0 Å². The second-order valence-electron chi connectivity index (χ2n) is 3.13. The minimum atomic E-state index is -1.05. The maximum atomic E-state index is 9.82. The van der Waals surface area contributed by atoms with E-state index in [1.807, 2.05) is 0 Å². The fourth-order valence-electron chi connectivity index (χ4n) is 1.67. The van der Waals surface area contributed by atoms with E-state index in [0.717, 1.165) is 0 Å². The molecular weight excluding hydrogens is 164 g/mol. The van der Waals surface area contributed by atoms with Crippen molar-refractivity contribution in [1.82, 2.24) is 0 Å². The van der Waals surface area contributed by atoms with Crippen molar-refractivity contribution in [2.75, 3.05) is 20.3 Å². The van der Waals surface area contributed by atoms with Gasteiger partial charge in [-0.1, -0.05) is 0 Å². The lowest BCUT2D eigenvalue weighted by Gasteiger charge is -2.41. The molecule has 5 heteroatoms. The van der Waals surface area contributed by atoms with Crippen molar-refractivity contribution in [2.45, 2.75) is 24.1 Å². The summed E-state index contributed by atoms with van der Waals surface area (Å²) in [6.07, 6.45) is -1.58. The molecule has 4 unspecified atom stereocenters. The van der Waals surface area contributed by atoms with Crippen LogP contribution in [0.15, 0.2) is 0 Å². The third-order valence-electron chi connectivity index (χ3n) is 2.49. The Morgan fingerprint density at radius 2 is 2.42 bits per heavy atom. The van der Waals surface area contributed by atoms with Gasteiger partial charge in [0.2, 0.25) is 0 Å². The van der Waals surface area contributed by atoms with Crippen LogP contribution >= 0.6 is 0 Å². The highest BCUT2D eigenvalue weighted by Gasteiger charge is 2.63. The number of rotatable bonds is 2. The van der Waals surface area contributed by atoms with Crippen LogP contribution in [0.4, 0.5) is 0 Å². The molecule has 0 aliphatic carbocycles. The molecule has 2 heterocycles. The molecule has 5 nitrogen and oxygen atoms in total. The summed E-state index contributed by atoms with van der Waals surface area (Å²) >= 11 is 0. The highest BCUT2D eigenvalue weighted by atomic mass is 16.7. The van der Waals surface area contributed by atoms with Crippen LogP contribution in [-0.2, 0) is 14.2 Å². The summed E-state index contributed by atoms with van der Waals surface area (Å²) in [5.41, 5.74) is -1.05. The predicted molar refractivity (Wildman–Crippen MR) is 37.4 cm³/mol. The van der Waals surface area contributed by atoms with E-state index >= 15 is 0 Å². The van der Waals surface area contributed by atoms with Gasteiger partial charge in [-0.3, -0.25) is 0 Å². The second-order valence-corrected chi connectivity index (χ2v) is 3.13. The second kappa shape index (κ2) is 2.65. The van der Waals surface area contributed by atoms with Crippen molar-refractivity contribution >= 4 is 0 Å². The molecule has 2 saturated heterocycles. The number of aliphatic hydroxyl groups is 2. The van der Waals surface area contributed by atoms with Gasteiger partial charge in [0.1, 0.15) is 17.8 Å². The van der Waals surface area contributed by atoms with Crippen LogP contribution in [0.2, 0.25) is 0 Å². The SMILES string of the molecule is COC1OC(CO)C2(O)COC12. The summed E-state index contributed by atoms with van der Waals surface area (Å²) in [5, 5.41) is 18.7. The molecule has 2 aliphatic rings. The van der Waals surface area contributed by atoms with Crippen LogP contribution < -0.4 is 0 Å². The van der Waals surface area contributed by atoms with Crippen LogP contribution in [0.3, 0.4) is 0 Å². The number of fused-ring (bicyclic) bond motifs is 1. The van der Waals surface area contributed by atoms with Gasteiger partial charge in [0.15, 0.2) is 6.29 Å². The molecule has 2 N–H and O–H groups in total. The molecule has 12 heavy (non-hydrogen) atoms. The molecule has 0 saturated carbocycles. The van der Waals surface area contributed by atoms with Gasteiger partial charge in [-0.15, -0.1) is 0 Å². The standard InChI is InChI=1S/C7H12O5/c1-10-6-5-7(9,3-11-5)4(2-8)12-6/h4-6,8-9H,2-3H2,1H3. The summed E-state index contributed by atoms with van der Waals surface area (Å²) in [6.45, 7) is -0.00102. The lowest BCUT2D eigenvalue weighted by Crippen LogP contribution is -2.63. The molecule has 70 valence electrons. The molecule has 0 aromatic heterocycles. The Hall–Kier alpha value is -0.200. The first kappa shape index (κ1) is 8.40. The first-order valence-corrected chi connectivity index (χ1v) is 3.85. The van der Waals surface area contributed by atoms with Crippen molar-refractivity contribution in [1.29, 1.82) is 0 Å². The number of hydrogen-bond acceptors (Lipinski definition) is 5. The van der Waals surface area contributed by atoms with Crippen molar-refractivity contribution in [3.05, 3.63) is 0 Å². The predicted octanol–water partition coefficient (Wildman–Crippen LogP) is -1.52. The monoisotopic (exact) mass is 176 g/mol. The zero-order valence-corrected chi connectivity index (χ0v) is 6.77. The summed E-state index contributed by atoms with van der Waals surface area (Å²) in [7, 11) is 1.48. The third kappa shape index (κ3) is 0.855. The van der Waals surface area contributed by atoms with Crippen molar-refractivity contribution in [3.8, 4) is 0 Å². The zero-order chi connectivity index (χ0) is 8.77. The van der Waals surface area contributed by atoms with Gasteiger partial charge in [0.25, 0.3) is 0 Å². The first-order valence-electron chi connectivity index (χ1n) is 3.85. The Kier molecular flexibility index (Phi) is 1.85. The van der Waals surface area contributed by atoms with Crippen LogP contribution in [-0.4, -0.2) is 54.6 Å². The normalized spacial score (nSPS) is 51.8. The topological polar surface area (TPSA) is 68.2 Å². The number of aliphatic hydroxyl groups excluding tert-OH is 1. The Balaban J connectivity index is 2.12. The van der Waals surface area contributed by atoms with E-state index < -0.39 is 24.1 Å². The number of methoxy groups -OCH3 is 1. The van der Waals surface area contributed by atoms with Gasteiger partial charge in [-0.05, 0) is 0 Å². The maximum Gasteiger partial charge on any atom is 0.186 e. The minimum Gasteiger partial charge on any atom is -0.394 e. The van der Waals surface area contributed by atoms with E-state index in [9.17, 15) is 5.11 Å². The minimum absolute atomic E-state index is 0.211. The number of hydrogen-bond donors (Lipinski definition) is 2. The average molecular weight is 176 g/mol. The first-order chi connectivity index (χ1) is 5.72. The lowest BCUT2D eigenvalue weighted by molar-refractivity contribution is -0.250. The van der Waals surface area contributed by atoms with Crippen LogP contribution in [0.1, 0.15) is 0 Å². The fourth-order valence-corrected chi connectivity index (χ4v) is 1.67. The number of ether oxygens (including phenoxy) is 3. The van der Waals surface area contributed by atoms with E-state index in [0.29, 0.717) is 0 Å². The zero-order valence-electron chi connectivity index (χ0n) is 6.77. The highest BCUT2D eigenvalue weighted by Crippen LogP contribution is 2.40. The Labute approximate surface area is 69.8 Å². The molecular formula is C7H12O5. The van der Waals surface area contributed by atoms with Crippen molar-refractivity contribution in [3.63, 3.8) is 0 Å². The molecule has 2 rings (SSSR count). The van der Waals surface area contributed by atoms with Crippen molar-refractivity contribution in [2.24, 2.45) is 0 Å². The van der Waals surface area contributed by atoms with E-state index in [-0.39, 0.29) is 13.2 Å². The molecule has 0 spiro atoms. The van der Waals surface area contributed by atoms with Gasteiger partial charge in [0.05, 0.1) is 13.2 Å². The summed E-state index contributed by atoms with van der Waals surface area (Å²) in [6, 6.07) is 0. The van der Waals surface area contributed by atoms with Gasteiger partial charge >= 0.3 is 0 Å². The van der Waals surface area contributed by atoms with Crippen LogP contribution in [0.25, 0.3) is 0 Å². The Morgan fingerprint density at radius 1 is 1.67 bits per heavy atom.